The van der Waals surface area contributed by atoms with E-state index in [4.69, 9.17) is 0 Å². The van der Waals surface area contributed by atoms with Gasteiger partial charge in [0.15, 0.2) is 0 Å². The number of rotatable bonds is 5. The highest BCUT2D eigenvalue weighted by Crippen LogP contribution is 2.11. The molecule has 1 aromatic rings. The molecule has 0 heterocycles. The van der Waals surface area contributed by atoms with E-state index in [1.54, 1.807) is 0 Å². The molecule has 0 spiro atoms. The van der Waals surface area contributed by atoms with E-state index in [9.17, 15) is 0 Å². The molecule has 17 heavy (non-hydrogen) atoms. The predicted molar refractivity (Wildman–Crippen MR) is 76.4 cm³/mol. The zero-order valence-electron chi connectivity index (χ0n) is 12.0. The van der Waals surface area contributed by atoms with Crippen LogP contribution in [0.4, 0.5) is 0 Å². The second kappa shape index (κ2) is 6.20. The summed E-state index contributed by atoms with van der Waals surface area (Å²) >= 11 is 0. The Morgan fingerprint density at radius 2 is 1.59 bits per heavy atom. The van der Waals surface area contributed by atoms with E-state index in [1.807, 2.05) is 0 Å². The van der Waals surface area contributed by atoms with Crippen LogP contribution in [0.3, 0.4) is 0 Å². The fourth-order valence-electron chi connectivity index (χ4n) is 1.87. The summed E-state index contributed by atoms with van der Waals surface area (Å²) in [5, 5.41) is 3.56. The van der Waals surface area contributed by atoms with Crippen molar-refractivity contribution in [3.05, 3.63) is 35.4 Å². The lowest BCUT2D eigenvalue weighted by Crippen LogP contribution is -2.39. The van der Waals surface area contributed by atoms with Crippen molar-refractivity contribution in [3.63, 3.8) is 0 Å². The highest BCUT2D eigenvalue weighted by Gasteiger charge is 2.11. The van der Waals surface area contributed by atoms with Crippen molar-refractivity contribution < 1.29 is 0 Å². The van der Waals surface area contributed by atoms with Crippen LogP contribution in [-0.2, 0) is 12.8 Å². The number of aryl methyl sites for hydroxylation is 1. The van der Waals surface area contributed by atoms with Crippen molar-refractivity contribution in [1.82, 2.24) is 5.32 Å². The van der Waals surface area contributed by atoms with Gasteiger partial charge in [0.1, 0.15) is 0 Å². The van der Waals surface area contributed by atoms with Gasteiger partial charge in [-0.15, -0.1) is 0 Å². The van der Waals surface area contributed by atoms with E-state index < -0.39 is 0 Å². The van der Waals surface area contributed by atoms with Gasteiger partial charge in [0.2, 0.25) is 0 Å². The van der Waals surface area contributed by atoms with E-state index >= 15 is 0 Å². The van der Waals surface area contributed by atoms with Crippen molar-refractivity contribution in [1.29, 1.82) is 0 Å². The summed E-state index contributed by atoms with van der Waals surface area (Å²) < 4.78 is 0. The van der Waals surface area contributed by atoms with Crippen LogP contribution in [0, 0.1) is 5.92 Å². The lowest BCUT2D eigenvalue weighted by atomic mass is 9.98. The van der Waals surface area contributed by atoms with Crippen molar-refractivity contribution in [2.45, 2.75) is 53.0 Å². The van der Waals surface area contributed by atoms with Crippen molar-refractivity contribution in [2.75, 3.05) is 6.54 Å². The highest BCUT2D eigenvalue weighted by atomic mass is 14.9. The second-order valence-electron chi connectivity index (χ2n) is 6.11. The molecule has 96 valence electrons. The lowest BCUT2D eigenvalue weighted by molar-refractivity contribution is 0.381. The SMILES string of the molecule is CCc1ccc(CC(C)CNC(C)(C)C)cc1. The summed E-state index contributed by atoms with van der Waals surface area (Å²) in [6.45, 7) is 12.2. The summed E-state index contributed by atoms with van der Waals surface area (Å²) in [5.41, 5.74) is 3.10. The maximum Gasteiger partial charge on any atom is 0.00966 e. The second-order valence-corrected chi connectivity index (χ2v) is 6.11. The standard InChI is InChI=1S/C16H27N/c1-6-14-7-9-15(10-8-14)11-13(2)12-17-16(3,4)5/h7-10,13,17H,6,11-12H2,1-5H3. The number of benzene rings is 1. The Morgan fingerprint density at radius 1 is 1.06 bits per heavy atom. The zero-order chi connectivity index (χ0) is 12.9. The van der Waals surface area contributed by atoms with Crippen LogP contribution in [0.15, 0.2) is 24.3 Å². The van der Waals surface area contributed by atoms with Gasteiger partial charge < -0.3 is 5.32 Å². The fraction of sp³-hybridized carbons (Fsp3) is 0.625. The molecule has 0 saturated heterocycles. The first kappa shape index (κ1) is 14.2. The molecule has 0 bridgehead atoms. The Kier molecular flexibility index (Phi) is 5.20. The van der Waals surface area contributed by atoms with Gasteiger partial charge in [0, 0.05) is 5.54 Å². The highest BCUT2D eigenvalue weighted by molar-refractivity contribution is 5.22. The number of hydrogen-bond acceptors (Lipinski definition) is 1. The van der Waals surface area contributed by atoms with Crippen LogP contribution in [0.5, 0.6) is 0 Å². The average Bonchev–Trinajstić information content (AvgIpc) is 2.27. The van der Waals surface area contributed by atoms with Crippen LogP contribution < -0.4 is 5.32 Å². The maximum atomic E-state index is 3.56. The summed E-state index contributed by atoms with van der Waals surface area (Å²) in [4.78, 5) is 0. The third-order valence-electron chi connectivity index (χ3n) is 3.00. The molecule has 0 saturated carbocycles. The Balaban J connectivity index is 2.42. The van der Waals surface area contributed by atoms with E-state index in [1.165, 1.54) is 11.1 Å². The van der Waals surface area contributed by atoms with Crippen molar-refractivity contribution in [3.8, 4) is 0 Å². The molecular weight excluding hydrogens is 206 g/mol. The molecule has 1 atom stereocenters. The smallest absolute Gasteiger partial charge is 0.00966 e. The van der Waals surface area contributed by atoms with E-state index in [-0.39, 0.29) is 5.54 Å². The van der Waals surface area contributed by atoms with Crippen LogP contribution in [0.1, 0.15) is 45.7 Å². The van der Waals surface area contributed by atoms with E-state index in [2.05, 4.69) is 64.2 Å². The van der Waals surface area contributed by atoms with Gasteiger partial charge in [-0.2, -0.15) is 0 Å². The molecule has 0 fully saturated rings. The minimum Gasteiger partial charge on any atom is -0.312 e. The number of nitrogens with one attached hydrogen (secondary N) is 1. The third kappa shape index (κ3) is 5.88. The van der Waals surface area contributed by atoms with Crippen LogP contribution in [0.2, 0.25) is 0 Å². The lowest BCUT2D eigenvalue weighted by Gasteiger charge is -2.23. The van der Waals surface area contributed by atoms with Crippen LogP contribution in [-0.4, -0.2) is 12.1 Å². The Hall–Kier alpha value is -0.820. The largest absolute Gasteiger partial charge is 0.312 e. The van der Waals surface area contributed by atoms with Gasteiger partial charge >= 0.3 is 0 Å². The average molecular weight is 233 g/mol. The molecule has 0 radical (unpaired) electrons. The van der Waals surface area contributed by atoms with Crippen LogP contribution in [0.25, 0.3) is 0 Å². The first-order valence-corrected chi connectivity index (χ1v) is 6.73. The summed E-state index contributed by atoms with van der Waals surface area (Å²) in [5.74, 6) is 0.682. The van der Waals surface area contributed by atoms with Gasteiger partial charge in [-0.3, -0.25) is 0 Å². The minimum absolute atomic E-state index is 0.223. The molecule has 1 nitrogen and oxygen atoms in total. The van der Waals surface area contributed by atoms with Gasteiger partial charge in [-0.25, -0.2) is 0 Å². The van der Waals surface area contributed by atoms with Gasteiger partial charge in [0.25, 0.3) is 0 Å². The normalized spacial score (nSPS) is 13.7. The van der Waals surface area contributed by atoms with E-state index in [0.717, 1.165) is 19.4 Å². The number of hydrogen-bond donors (Lipinski definition) is 1. The van der Waals surface area contributed by atoms with Gasteiger partial charge in [-0.05, 0) is 57.2 Å². The molecule has 1 N–H and O–H groups in total. The molecule has 1 unspecified atom stereocenters. The monoisotopic (exact) mass is 233 g/mol. The molecule has 0 amide bonds. The Labute approximate surface area is 107 Å². The van der Waals surface area contributed by atoms with Gasteiger partial charge in [-0.1, -0.05) is 38.1 Å². The molecule has 1 heteroatoms. The molecule has 0 aliphatic rings. The van der Waals surface area contributed by atoms with Crippen molar-refractivity contribution >= 4 is 0 Å². The molecule has 0 aliphatic carbocycles. The minimum atomic E-state index is 0.223. The molecule has 1 rings (SSSR count). The van der Waals surface area contributed by atoms with Crippen molar-refractivity contribution in [2.24, 2.45) is 5.92 Å². The topological polar surface area (TPSA) is 12.0 Å². The Morgan fingerprint density at radius 3 is 2.06 bits per heavy atom. The zero-order valence-corrected chi connectivity index (χ0v) is 12.0. The molecule has 0 aliphatic heterocycles. The molecule has 0 aromatic heterocycles. The molecular formula is C16H27N. The fourth-order valence-corrected chi connectivity index (χ4v) is 1.87. The third-order valence-corrected chi connectivity index (χ3v) is 3.00. The predicted octanol–water partition coefficient (Wildman–Crippen LogP) is 3.82. The summed E-state index contributed by atoms with van der Waals surface area (Å²) in [7, 11) is 0. The quantitative estimate of drug-likeness (QED) is 0.815. The van der Waals surface area contributed by atoms with E-state index in [0.29, 0.717) is 5.92 Å². The maximum absolute atomic E-state index is 3.56. The molecule has 1 aromatic carbocycles. The summed E-state index contributed by atoms with van der Waals surface area (Å²) in [6, 6.07) is 9.04. The van der Waals surface area contributed by atoms with Crippen LogP contribution >= 0.6 is 0 Å². The first-order chi connectivity index (χ1) is 7.90. The first-order valence-electron chi connectivity index (χ1n) is 6.73. The Bertz CT molecular complexity index is 318. The van der Waals surface area contributed by atoms with Gasteiger partial charge in [0.05, 0.1) is 0 Å². The summed E-state index contributed by atoms with van der Waals surface area (Å²) in [6.07, 6.45) is 2.29.